The number of carbonyl (C=O) groups is 2. The summed E-state index contributed by atoms with van der Waals surface area (Å²) in [7, 11) is 1.07. The van der Waals surface area contributed by atoms with Gasteiger partial charge in [0, 0.05) is 7.05 Å². The summed E-state index contributed by atoms with van der Waals surface area (Å²) in [6.45, 7) is 0. The van der Waals surface area contributed by atoms with E-state index in [1.54, 1.807) is 12.1 Å². The van der Waals surface area contributed by atoms with E-state index in [9.17, 15) is 18.9 Å². The molecule has 0 aliphatic carbocycles. The van der Waals surface area contributed by atoms with Crippen molar-refractivity contribution < 1.29 is 29.1 Å². The van der Waals surface area contributed by atoms with Gasteiger partial charge in [0.15, 0.2) is 0 Å². The minimum Gasteiger partial charge on any atom is -0.497 e. The topological polar surface area (TPSA) is 124 Å². The van der Waals surface area contributed by atoms with Gasteiger partial charge >= 0.3 is 5.97 Å². The second kappa shape index (κ2) is 8.23. The van der Waals surface area contributed by atoms with Crippen LogP contribution >= 0.6 is 0 Å². The third-order valence-electron chi connectivity index (χ3n) is 3.18. The molecule has 0 radical (unpaired) electrons. The van der Waals surface area contributed by atoms with Gasteiger partial charge in [-0.2, -0.15) is 0 Å². The highest BCUT2D eigenvalue weighted by Crippen LogP contribution is 2.26. The standard InChI is InChI=1S/C16H15NO5S.H2O/c1-17-15(18)11-5-3-4-6-13(11)23(21)14-8-7-10(22-2)9-12(14)16(19)20;/h3-9H,1-2H3,(H,17,18)(H,19,20);1H2. The van der Waals surface area contributed by atoms with Gasteiger partial charge in [0.25, 0.3) is 5.91 Å². The van der Waals surface area contributed by atoms with Crippen LogP contribution < -0.4 is 10.1 Å². The van der Waals surface area contributed by atoms with E-state index in [0.717, 1.165) is 0 Å². The second-order valence-corrected chi connectivity index (χ2v) is 5.93. The lowest BCUT2D eigenvalue weighted by molar-refractivity contribution is 0.0692. The second-order valence-electron chi connectivity index (χ2n) is 4.51. The van der Waals surface area contributed by atoms with E-state index in [2.05, 4.69) is 5.32 Å². The molecule has 2 rings (SSSR count). The Labute approximate surface area is 141 Å². The number of carbonyl (C=O) groups excluding carboxylic acids is 1. The molecule has 8 heteroatoms. The Morgan fingerprint density at radius 3 is 2.29 bits per heavy atom. The van der Waals surface area contributed by atoms with E-state index >= 15 is 0 Å². The molecule has 0 saturated heterocycles. The van der Waals surface area contributed by atoms with Gasteiger partial charge in [-0.15, -0.1) is 0 Å². The molecule has 0 aliphatic heterocycles. The average Bonchev–Trinajstić information content (AvgIpc) is 2.59. The van der Waals surface area contributed by atoms with Crippen LogP contribution in [-0.2, 0) is 10.8 Å². The van der Waals surface area contributed by atoms with Crippen LogP contribution in [0.25, 0.3) is 0 Å². The van der Waals surface area contributed by atoms with Gasteiger partial charge in [0.05, 0.1) is 38.8 Å². The van der Waals surface area contributed by atoms with Crippen molar-refractivity contribution in [2.24, 2.45) is 0 Å². The van der Waals surface area contributed by atoms with Crippen LogP contribution in [0.2, 0.25) is 0 Å². The molecule has 0 spiro atoms. The lowest BCUT2D eigenvalue weighted by Gasteiger charge is -2.11. The number of rotatable bonds is 5. The molecule has 0 aliphatic rings. The zero-order valence-electron chi connectivity index (χ0n) is 13.0. The zero-order chi connectivity index (χ0) is 17.0. The number of carboxylic acids is 1. The fraction of sp³-hybridized carbons (Fsp3) is 0.125. The molecule has 2 aromatic rings. The normalized spacial score (nSPS) is 11.1. The number of benzene rings is 2. The molecule has 0 fully saturated rings. The number of amides is 1. The summed E-state index contributed by atoms with van der Waals surface area (Å²) in [5.41, 5.74) is 0.106. The van der Waals surface area contributed by atoms with E-state index in [4.69, 9.17) is 4.74 Å². The maximum atomic E-state index is 12.8. The van der Waals surface area contributed by atoms with Crippen LogP contribution in [0, 0.1) is 0 Å². The lowest BCUT2D eigenvalue weighted by Crippen LogP contribution is -2.20. The Balaban J connectivity index is 0.00000288. The molecule has 128 valence electrons. The summed E-state index contributed by atoms with van der Waals surface area (Å²) in [6.07, 6.45) is 0. The quantitative estimate of drug-likeness (QED) is 0.834. The Morgan fingerprint density at radius 2 is 1.71 bits per heavy atom. The first-order chi connectivity index (χ1) is 11.0. The SMILES string of the molecule is CNC(=O)c1ccccc1S(=O)c1ccc(OC)cc1C(=O)O.O. The number of hydrogen-bond acceptors (Lipinski definition) is 4. The Hall–Kier alpha value is -2.71. The number of hydrogen-bond donors (Lipinski definition) is 2. The van der Waals surface area contributed by atoms with Gasteiger partial charge in [-0.25, -0.2) is 9.00 Å². The number of methoxy groups -OCH3 is 1. The molecule has 0 bridgehead atoms. The minimum atomic E-state index is -1.82. The summed E-state index contributed by atoms with van der Waals surface area (Å²) in [4.78, 5) is 23.7. The molecule has 1 amide bonds. The molecular formula is C16H17NO6S. The fourth-order valence-corrected chi connectivity index (χ4v) is 3.37. The molecule has 0 aromatic heterocycles. The van der Waals surface area contributed by atoms with Crippen molar-refractivity contribution >= 4 is 22.7 Å². The number of carboxylic acid groups (broad SMARTS) is 1. The zero-order valence-corrected chi connectivity index (χ0v) is 13.8. The van der Waals surface area contributed by atoms with Crippen LogP contribution in [0.5, 0.6) is 5.75 Å². The molecule has 1 atom stereocenters. The van der Waals surface area contributed by atoms with Gasteiger partial charge < -0.3 is 20.6 Å². The Bertz CT molecular complexity index is 790. The van der Waals surface area contributed by atoms with E-state index in [-0.39, 0.29) is 32.3 Å². The van der Waals surface area contributed by atoms with Crippen LogP contribution in [-0.4, -0.2) is 40.8 Å². The van der Waals surface area contributed by atoms with E-state index in [0.29, 0.717) is 5.75 Å². The molecule has 0 saturated carbocycles. The van der Waals surface area contributed by atoms with Crippen molar-refractivity contribution in [1.29, 1.82) is 0 Å². The summed E-state index contributed by atoms with van der Waals surface area (Å²) >= 11 is 0. The van der Waals surface area contributed by atoms with Crippen molar-refractivity contribution in [2.75, 3.05) is 14.2 Å². The van der Waals surface area contributed by atoms with Crippen LogP contribution in [0.1, 0.15) is 20.7 Å². The first-order valence-electron chi connectivity index (χ1n) is 6.63. The summed E-state index contributed by atoms with van der Waals surface area (Å²) in [5.74, 6) is -1.26. The smallest absolute Gasteiger partial charge is 0.337 e. The Morgan fingerprint density at radius 1 is 1.08 bits per heavy atom. The first kappa shape index (κ1) is 19.3. The summed E-state index contributed by atoms with van der Waals surface area (Å²) in [5, 5.41) is 11.8. The van der Waals surface area contributed by atoms with E-state index < -0.39 is 16.8 Å². The highest BCUT2D eigenvalue weighted by molar-refractivity contribution is 7.85. The van der Waals surface area contributed by atoms with Crippen molar-refractivity contribution in [2.45, 2.75) is 9.79 Å². The number of ether oxygens (including phenoxy) is 1. The van der Waals surface area contributed by atoms with Gasteiger partial charge in [0.1, 0.15) is 5.75 Å². The van der Waals surface area contributed by atoms with Crippen LogP contribution in [0.15, 0.2) is 52.3 Å². The van der Waals surface area contributed by atoms with Crippen LogP contribution in [0.3, 0.4) is 0 Å². The molecule has 1 unspecified atom stereocenters. The van der Waals surface area contributed by atoms with Gasteiger partial charge in [0.2, 0.25) is 0 Å². The lowest BCUT2D eigenvalue weighted by atomic mass is 10.2. The molecule has 0 heterocycles. The van der Waals surface area contributed by atoms with Crippen molar-refractivity contribution in [3.05, 3.63) is 53.6 Å². The maximum absolute atomic E-state index is 12.8. The van der Waals surface area contributed by atoms with Crippen molar-refractivity contribution in [1.82, 2.24) is 5.32 Å². The Kier molecular flexibility index (Phi) is 6.63. The first-order valence-corrected chi connectivity index (χ1v) is 7.78. The van der Waals surface area contributed by atoms with Gasteiger partial charge in [-0.3, -0.25) is 4.79 Å². The monoisotopic (exact) mass is 351 g/mol. The maximum Gasteiger partial charge on any atom is 0.337 e. The van der Waals surface area contributed by atoms with Crippen LogP contribution in [0.4, 0.5) is 0 Å². The van der Waals surface area contributed by atoms with E-state index in [1.807, 2.05) is 0 Å². The van der Waals surface area contributed by atoms with Gasteiger partial charge in [-0.1, -0.05) is 12.1 Å². The van der Waals surface area contributed by atoms with Gasteiger partial charge in [-0.05, 0) is 30.3 Å². The molecule has 2 aromatic carbocycles. The molecule has 24 heavy (non-hydrogen) atoms. The highest BCUT2D eigenvalue weighted by atomic mass is 32.2. The van der Waals surface area contributed by atoms with Crippen molar-refractivity contribution in [3.8, 4) is 5.75 Å². The van der Waals surface area contributed by atoms with Crippen molar-refractivity contribution in [3.63, 3.8) is 0 Å². The number of aromatic carboxylic acids is 1. The fourth-order valence-electron chi connectivity index (χ4n) is 2.03. The third-order valence-corrected chi connectivity index (χ3v) is 4.69. The molecule has 4 N–H and O–H groups in total. The molecule has 7 nitrogen and oxygen atoms in total. The van der Waals surface area contributed by atoms with E-state index in [1.165, 1.54) is 44.5 Å². The predicted molar refractivity (Wildman–Crippen MR) is 88.1 cm³/mol. The summed E-state index contributed by atoms with van der Waals surface area (Å²) in [6, 6.07) is 10.6. The average molecular weight is 351 g/mol. The minimum absolute atomic E-state index is 0. The molecular weight excluding hydrogens is 334 g/mol. The highest BCUT2D eigenvalue weighted by Gasteiger charge is 2.21. The third kappa shape index (κ3) is 3.79. The predicted octanol–water partition coefficient (Wildman–Crippen LogP) is 1.09. The largest absolute Gasteiger partial charge is 0.497 e. The summed E-state index contributed by atoms with van der Waals surface area (Å²) < 4.78 is 17.8. The number of nitrogens with one attached hydrogen (secondary N) is 1.